The Bertz CT molecular complexity index is 842. The predicted molar refractivity (Wildman–Crippen MR) is 81.1 cm³/mol. The molecule has 0 spiro atoms. The molecule has 5 heteroatoms. The van der Waals surface area contributed by atoms with Crippen LogP contribution in [0.1, 0.15) is 27.6 Å². The number of benzene rings is 1. The number of carbonyl (C=O) groups is 1. The monoisotopic (exact) mass is 281 g/mol. The fraction of sp³-hybridized carbons (Fsp3) is 0.125. The lowest BCUT2D eigenvalue weighted by atomic mass is 10.1. The number of aromatic nitrogens is 1. The third kappa shape index (κ3) is 2.12. The second-order valence-corrected chi connectivity index (χ2v) is 4.79. The lowest BCUT2D eigenvalue weighted by Gasteiger charge is -2.03. The van der Waals surface area contributed by atoms with Crippen LogP contribution in [-0.2, 0) is 0 Å². The molecule has 0 aliphatic carbocycles. The summed E-state index contributed by atoms with van der Waals surface area (Å²) < 4.78 is 5.49. The van der Waals surface area contributed by atoms with Crippen LogP contribution in [0.15, 0.2) is 40.8 Å². The second-order valence-electron chi connectivity index (χ2n) is 4.79. The van der Waals surface area contributed by atoms with Gasteiger partial charge in [0.25, 0.3) is 5.91 Å². The van der Waals surface area contributed by atoms with Crippen LogP contribution in [0.5, 0.6) is 0 Å². The van der Waals surface area contributed by atoms with Crippen molar-refractivity contribution in [2.75, 3.05) is 7.05 Å². The lowest BCUT2D eigenvalue weighted by Crippen LogP contribution is -2.20. The Morgan fingerprint density at radius 3 is 2.67 bits per heavy atom. The highest BCUT2D eigenvalue weighted by Gasteiger charge is 2.22. The van der Waals surface area contributed by atoms with E-state index in [4.69, 9.17) is 9.83 Å². The van der Waals surface area contributed by atoms with Crippen molar-refractivity contribution in [2.45, 2.75) is 6.92 Å². The number of H-pyrrole nitrogens is 1. The van der Waals surface area contributed by atoms with Crippen LogP contribution in [-0.4, -0.2) is 23.7 Å². The van der Waals surface area contributed by atoms with E-state index in [1.165, 1.54) is 0 Å². The zero-order chi connectivity index (χ0) is 15.0. The minimum atomic E-state index is -0.226. The van der Waals surface area contributed by atoms with Crippen LogP contribution < -0.4 is 5.32 Å². The Hall–Kier alpha value is -2.82. The molecule has 0 radical (unpaired) electrons. The van der Waals surface area contributed by atoms with Gasteiger partial charge in [-0.25, -0.2) is 0 Å². The van der Waals surface area contributed by atoms with E-state index in [1.807, 2.05) is 31.2 Å². The van der Waals surface area contributed by atoms with E-state index in [9.17, 15) is 4.79 Å². The average molecular weight is 281 g/mol. The lowest BCUT2D eigenvalue weighted by molar-refractivity contribution is 0.0964. The zero-order valence-corrected chi connectivity index (χ0v) is 11.8. The van der Waals surface area contributed by atoms with Gasteiger partial charge in [-0.3, -0.25) is 10.2 Å². The molecular weight excluding hydrogens is 266 g/mol. The highest BCUT2D eigenvalue weighted by atomic mass is 16.3. The summed E-state index contributed by atoms with van der Waals surface area (Å²) in [6.45, 7) is 1.82. The summed E-state index contributed by atoms with van der Waals surface area (Å²) >= 11 is 0. The van der Waals surface area contributed by atoms with E-state index in [0.29, 0.717) is 17.0 Å². The summed E-state index contributed by atoms with van der Waals surface area (Å²) in [5.74, 6) is 0.937. The molecule has 0 saturated heterocycles. The molecule has 0 bridgehead atoms. The zero-order valence-electron chi connectivity index (χ0n) is 11.8. The maximum Gasteiger partial charge on any atom is 0.253 e. The minimum absolute atomic E-state index is 0.165. The van der Waals surface area contributed by atoms with Gasteiger partial charge in [0.1, 0.15) is 11.5 Å². The van der Waals surface area contributed by atoms with Gasteiger partial charge in [0, 0.05) is 18.0 Å². The Morgan fingerprint density at radius 1 is 1.24 bits per heavy atom. The van der Waals surface area contributed by atoms with E-state index in [1.54, 1.807) is 19.2 Å². The molecule has 2 aromatic heterocycles. The van der Waals surface area contributed by atoms with Crippen molar-refractivity contribution in [3.05, 3.63) is 59.2 Å². The number of hydrogen-bond donors (Lipinski definition) is 3. The maximum atomic E-state index is 12.2. The van der Waals surface area contributed by atoms with Crippen molar-refractivity contribution >= 4 is 22.5 Å². The molecule has 0 saturated carbocycles. The van der Waals surface area contributed by atoms with Crippen molar-refractivity contribution in [3.8, 4) is 0 Å². The number of rotatable bonds is 3. The van der Waals surface area contributed by atoms with Crippen LogP contribution in [0.3, 0.4) is 0 Å². The molecule has 0 unspecified atom stereocenters. The first-order valence-electron chi connectivity index (χ1n) is 6.60. The topological polar surface area (TPSA) is 81.9 Å². The number of aromatic amines is 1. The number of furan rings is 1. The van der Waals surface area contributed by atoms with Crippen molar-refractivity contribution in [1.29, 1.82) is 5.41 Å². The minimum Gasteiger partial charge on any atom is -0.460 e. The summed E-state index contributed by atoms with van der Waals surface area (Å²) in [6, 6.07) is 11.0. The Kier molecular flexibility index (Phi) is 3.10. The normalized spacial score (nSPS) is 10.8. The first-order chi connectivity index (χ1) is 10.1. The summed E-state index contributed by atoms with van der Waals surface area (Å²) in [7, 11) is 1.58. The number of amides is 1. The van der Waals surface area contributed by atoms with Gasteiger partial charge >= 0.3 is 0 Å². The first-order valence-corrected chi connectivity index (χ1v) is 6.60. The van der Waals surface area contributed by atoms with Crippen LogP contribution in [0, 0.1) is 12.3 Å². The molecule has 0 fully saturated rings. The summed E-state index contributed by atoms with van der Waals surface area (Å²) in [5, 5.41) is 11.7. The molecule has 1 aromatic carbocycles. The van der Waals surface area contributed by atoms with Gasteiger partial charge in [-0.15, -0.1) is 0 Å². The molecule has 106 valence electrons. The number of aryl methyl sites for hydroxylation is 1. The highest BCUT2D eigenvalue weighted by molar-refractivity contribution is 6.20. The van der Waals surface area contributed by atoms with E-state index in [0.717, 1.165) is 16.7 Å². The van der Waals surface area contributed by atoms with E-state index in [-0.39, 0.29) is 11.6 Å². The average Bonchev–Trinajstić information content (AvgIpc) is 3.09. The third-order valence-corrected chi connectivity index (χ3v) is 3.40. The number of hydrogen-bond acceptors (Lipinski definition) is 3. The largest absolute Gasteiger partial charge is 0.460 e. The van der Waals surface area contributed by atoms with Gasteiger partial charge in [-0.05, 0) is 25.1 Å². The van der Waals surface area contributed by atoms with Gasteiger partial charge in [-0.1, -0.05) is 18.2 Å². The Morgan fingerprint density at radius 2 is 2.00 bits per heavy atom. The third-order valence-electron chi connectivity index (χ3n) is 3.40. The SMILES string of the molecule is CNC(=O)c1c(C(=N)c2ccc(C)o2)[nH]c2ccccc12. The van der Waals surface area contributed by atoms with E-state index >= 15 is 0 Å². The van der Waals surface area contributed by atoms with Gasteiger partial charge in [-0.2, -0.15) is 0 Å². The molecule has 3 rings (SSSR count). The number of nitrogens with one attached hydrogen (secondary N) is 3. The van der Waals surface area contributed by atoms with E-state index < -0.39 is 0 Å². The summed E-state index contributed by atoms with van der Waals surface area (Å²) in [5.41, 5.74) is 1.91. The molecule has 0 atom stereocenters. The Labute approximate surface area is 121 Å². The van der Waals surface area contributed by atoms with Crippen molar-refractivity contribution < 1.29 is 9.21 Å². The fourth-order valence-electron chi connectivity index (χ4n) is 2.38. The molecule has 0 aliphatic rings. The Balaban J connectivity index is 2.22. The maximum absolute atomic E-state index is 12.2. The van der Waals surface area contributed by atoms with Gasteiger partial charge in [0.2, 0.25) is 0 Å². The number of fused-ring (bicyclic) bond motifs is 1. The number of carbonyl (C=O) groups excluding carboxylic acids is 1. The molecule has 3 aromatic rings. The van der Waals surface area contributed by atoms with Crippen molar-refractivity contribution in [3.63, 3.8) is 0 Å². The molecule has 2 heterocycles. The molecular formula is C16H15N3O2. The summed E-state index contributed by atoms with van der Waals surface area (Å²) in [6.07, 6.45) is 0. The first kappa shape index (κ1) is 13.2. The van der Waals surface area contributed by atoms with Crippen molar-refractivity contribution in [2.24, 2.45) is 0 Å². The van der Waals surface area contributed by atoms with Crippen LogP contribution in [0.2, 0.25) is 0 Å². The number of para-hydroxylation sites is 1. The summed E-state index contributed by atoms with van der Waals surface area (Å²) in [4.78, 5) is 15.3. The van der Waals surface area contributed by atoms with Crippen molar-refractivity contribution in [1.82, 2.24) is 10.3 Å². The smallest absolute Gasteiger partial charge is 0.253 e. The predicted octanol–water partition coefficient (Wildman–Crippen LogP) is 2.85. The van der Waals surface area contributed by atoms with Gasteiger partial charge < -0.3 is 14.7 Å². The second kappa shape index (κ2) is 4.94. The highest BCUT2D eigenvalue weighted by Crippen LogP contribution is 2.25. The van der Waals surface area contributed by atoms with E-state index in [2.05, 4.69) is 10.3 Å². The standard InChI is InChI=1S/C16H15N3O2/c1-9-7-8-12(21-9)14(17)15-13(16(20)18-2)10-5-3-4-6-11(10)19-15/h3-8,17,19H,1-2H3,(H,18,20). The van der Waals surface area contributed by atoms with Crippen LogP contribution in [0.4, 0.5) is 0 Å². The quantitative estimate of drug-likeness (QED) is 0.645. The van der Waals surface area contributed by atoms with Crippen LogP contribution >= 0.6 is 0 Å². The van der Waals surface area contributed by atoms with Gasteiger partial charge in [0.15, 0.2) is 5.76 Å². The van der Waals surface area contributed by atoms with Gasteiger partial charge in [0.05, 0.1) is 11.3 Å². The molecule has 1 amide bonds. The fourth-order valence-corrected chi connectivity index (χ4v) is 2.38. The molecule has 5 nitrogen and oxygen atoms in total. The molecule has 3 N–H and O–H groups in total. The molecule has 21 heavy (non-hydrogen) atoms. The van der Waals surface area contributed by atoms with Crippen LogP contribution in [0.25, 0.3) is 10.9 Å². The molecule has 0 aliphatic heterocycles.